The number of carbonyl (C=O) groups excluding carboxylic acids is 1. The highest BCUT2D eigenvalue weighted by Gasteiger charge is 2.33. The average molecular weight is 513 g/mol. The van der Waals surface area contributed by atoms with Crippen LogP contribution in [-0.2, 0) is 9.53 Å². The van der Waals surface area contributed by atoms with Gasteiger partial charge in [-0.1, -0.05) is 47.2 Å². The van der Waals surface area contributed by atoms with Crippen LogP contribution in [-0.4, -0.2) is 30.9 Å². The number of benzene rings is 2. The normalized spacial score (nSPS) is 15.5. The van der Waals surface area contributed by atoms with E-state index in [-0.39, 0.29) is 11.1 Å². The quantitative estimate of drug-likeness (QED) is 0.449. The molecule has 3 aromatic rings. The smallest absolute Gasteiger partial charge is 0.338 e. The van der Waals surface area contributed by atoms with Crippen LogP contribution in [0.4, 0.5) is 0 Å². The number of carbonyl (C=O) groups is 1. The molecule has 35 heavy (non-hydrogen) atoms. The Balaban J connectivity index is 1.97. The fourth-order valence-electron chi connectivity index (χ4n) is 3.98. The van der Waals surface area contributed by atoms with Crippen molar-refractivity contribution in [2.75, 3.05) is 20.3 Å². The highest BCUT2D eigenvalue weighted by atomic mass is 35.5. The summed E-state index contributed by atoms with van der Waals surface area (Å²) in [4.78, 5) is 31.6. The first-order chi connectivity index (χ1) is 16.9. The van der Waals surface area contributed by atoms with E-state index in [2.05, 4.69) is 4.99 Å². The molecule has 0 N–H and O–H groups in total. The number of halogens is 1. The number of nitrogens with zero attached hydrogens (tertiary/aromatic N) is 2. The summed E-state index contributed by atoms with van der Waals surface area (Å²) in [5.74, 6) is 0.567. The lowest BCUT2D eigenvalue weighted by atomic mass is 9.95. The Morgan fingerprint density at radius 1 is 1.14 bits per heavy atom. The standard InChI is InChI=1S/C26H25ClN2O5S/c1-5-33-19-12-11-17(13-20(19)34-6-2)23-22(25(31)32-4)15(3)28-26-29(23)24(30)21(35-26)14-16-9-7-8-10-18(16)27/h7-14,23H,5-6H2,1-4H3/b21-14-/t23-/m1/s1. The Labute approximate surface area is 211 Å². The van der Waals surface area contributed by atoms with E-state index in [1.54, 1.807) is 31.2 Å². The van der Waals surface area contributed by atoms with Gasteiger partial charge in [0.2, 0.25) is 0 Å². The van der Waals surface area contributed by atoms with Crippen LogP contribution in [0, 0.1) is 0 Å². The van der Waals surface area contributed by atoms with Crippen molar-refractivity contribution in [1.29, 1.82) is 0 Å². The van der Waals surface area contributed by atoms with Crippen molar-refractivity contribution in [3.8, 4) is 11.5 Å². The van der Waals surface area contributed by atoms with E-state index < -0.39 is 12.0 Å². The molecule has 0 spiro atoms. The fraction of sp³-hybridized carbons (Fsp3) is 0.269. The van der Waals surface area contributed by atoms with Crippen molar-refractivity contribution in [2.45, 2.75) is 26.8 Å². The minimum Gasteiger partial charge on any atom is -0.490 e. The number of aromatic nitrogens is 1. The highest BCUT2D eigenvalue weighted by Crippen LogP contribution is 2.36. The number of esters is 1. The van der Waals surface area contributed by atoms with Crippen LogP contribution in [0.2, 0.25) is 5.02 Å². The van der Waals surface area contributed by atoms with Crippen molar-refractivity contribution in [2.24, 2.45) is 4.99 Å². The molecular formula is C26H25ClN2O5S. The van der Waals surface area contributed by atoms with Gasteiger partial charge in [-0.2, -0.15) is 0 Å². The number of allylic oxidation sites excluding steroid dienone is 1. The summed E-state index contributed by atoms with van der Waals surface area (Å²) in [6, 6.07) is 11.9. The van der Waals surface area contributed by atoms with Crippen LogP contribution in [0.5, 0.6) is 11.5 Å². The van der Waals surface area contributed by atoms with Gasteiger partial charge in [0.25, 0.3) is 5.56 Å². The Hall–Kier alpha value is -3.36. The van der Waals surface area contributed by atoms with Gasteiger partial charge in [-0.05, 0) is 56.2 Å². The van der Waals surface area contributed by atoms with E-state index in [0.29, 0.717) is 50.3 Å². The summed E-state index contributed by atoms with van der Waals surface area (Å²) in [5.41, 5.74) is 1.89. The molecule has 1 aliphatic heterocycles. The Bertz CT molecular complexity index is 1490. The molecule has 9 heteroatoms. The van der Waals surface area contributed by atoms with Crippen LogP contribution in [0.25, 0.3) is 6.08 Å². The molecule has 182 valence electrons. The second kappa shape index (κ2) is 10.5. The van der Waals surface area contributed by atoms with E-state index in [4.69, 9.17) is 25.8 Å². The monoisotopic (exact) mass is 512 g/mol. The third-order valence-corrected chi connectivity index (χ3v) is 6.83. The summed E-state index contributed by atoms with van der Waals surface area (Å²) >= 11 is 7.56. The molecule has 1 atom stereocenters. The number of hydrogen-bond donors (Lipinski definition) is 0. The van der Waals surface area contributed by atoms with Crippen LogP contribution < -0.4 is 24.4 Å². The molecule has 4 rings (SSSR count). The average Bonchev–Trinajstić information content (AvgIpc) is 3.15. The molecule has 0 saturated heterocycles. The molecule has 0 radical (unpaired) electrons. The third kappa shape index (κ3) is 4.76. The summed E-state index contributed by atoms with van der Waals surface area (Å²) in [7, 11) is 1.31. The van der Waals surface area contributed by atoms with Gasteiger partial charge >= 0.3 is 5.97 Å². The van der Waals surface area contributed by atoms with Gasteiger partial charge in [-0.3, -0.25) is 9.36 Å². The first-order valence-electron chi connectivity index (χ1n) is 11.1. The zero-order valence-electron chi connectivity index (χ0n) is 19.8. The van der Waals surface area contributed by atoms with E-state index >= 15 is 0 Å². The van der Waals surface area contributed by atoms with Gasteiger partial charge in [0.05, 0.1) is 42.2 Å². The summed E-state index contributed by atoms with van der Waals surface area (Å²) < 4.78 is 18.5. The topological polar surface area (TPSA) is 79.1 Å². The minimum absolute atomic E-state index is 0.278. The van der Waals surface area contributed by atoms with E-state index in [0.717, 1.165) is 5.56 Å². The number of rotatable bonds is 7. The zero-order valence-corrected chi connectivity index (χ0v) is 21.4. The predicted molar refractivity (Wildman–Crippen MR) is 136 cm³/mol. The molecule has 0 amide bonds. The number of hydrogen-bond acceptors (Lipinski definition) is 7. The second-order valence-electron chi connectivity index (χ2n) is 7.67. The zero-order chi connectivity index (χ0) is 25.1. The largest absolute Gasteiger partial charge is 0.490 e. The van der Waals surface area contributed by atoms with Crippen LogP contribution in [0.15, 0.2) is 63.5 Å². The third-order valence-electron chi connectivity index (χ3n) is 5.50. The van der Waals surface area contributed by atoms with Crippen LogP contribution >= 0.6 is 22.9 Å². The van der Waals surface area contributed by atoms with Crippen molar-refractivity contribution >= 4 is 35.0 Å². The number of methoxy groups -OCH3 is 1. The lowest BCUT2D eigenvalue weighted by molar-refractivity contribution is -0.136. The maximum absolute atomic E-state index is 13.7. The maximum Gasteiger partial charge on any atom is 0.338 e. The summed E-state index contributed by atoms with van der Waals surface area (Å²) in [6.07, 6.45) is 1.74. The molecule has 2 heterocycles. The van der Waals surface area contributed by atoms with Crippen molar-refractivity contribution in [1.82, 2.24) is 4.57 Å². The number of ether oxygens (including phenoxy) is 3. The van der Waals surface area contributed by atoms with Gasteiger partial charge in [-0.25, -0.2) is 9.79 Å². The Kier molecular flexibility index (Phi) is 7.42. The van der Waals surface area contributed by atoms with Gasteiger partial charge in [-0.15, -0.1) is 0 Å². The number of thiazole rings is 1. The summed E-state index contributed by atoms with van der Waals surface area (Å²) in [6.45, 7) is 6.42. The molecule has 1 aliphatic rings. The molecule has 7 nitrogen and oxygen atoms in total. The molecule has 2 aromatic carbocycles. The van der Waals surface area contributed by atoms with E-state index in [1.165, 1.54) is 23.0 Å². The van der Waals surface area contributed by atoms with Crippen molar-refractivity contribution in [3.63, 3.8) is 0 Å². The van der Waals surface area contributed by atoms with Gasteiger partial charge < -0.3 is 14.2 Å². The lowest BCUT2D eigenvalue weighted by Crippen LogP contribution is -2.39. The van der Waals surface area contributed by atoms with Crippen LogP contribution in [0.3, 0.4) is 0 Å². The molecule has 0 saturated carbocycles. The second-order valence-corrected chi connectivity index (χ2v) is 9.08. The van der Waals surface area contributed by atoms with Gasteiger partial charge in [0.1, 0.15) is 0 Å². The van der Waals surface area contributed by atoms with E-state index in [9.17, 15) is 9.59 Å². The van der Waals surface area contributed by atoms with Crippen molar-refractivity contribution in [3.05, 3.63) is 89.6 Å². The van der Waals surface area contributed by atoms with E-state index in [1.807, 2.05) is 38.1 Å². The first-order valence-corrected chi connectivity index (χ1v) is 12.3. The minimum atomic E-state index is -0.748. The Morgan fingerprint density at radius 3 is 2.54 bits per heavy atom. The SMILES string of the molecule is CCOc1ccc([C@@H]2C(C(=O)OC)=C(C)N=c3s/c(=C\c4ccccc4Cl)c(=O)n32)cc1OCC. The Morgan fingerprint density at radius 2 is 1.86 bits per heavy atom. The fourth-order valence-corrected chi connectivity index (χ4v) is 5.21. The predicted octanol–water partition coefficient (Wildman–Crippen LogP) is 3.86. The van der Waals surface area contributed by atoms with Gasteiger partial charge in [0, 0.05) is 5.02 Å². The molecule has 0 unspecified atom stereocenters. The summed E-state index contributed by atoms with van der Waals surface area (Å²) in [5, 5.41) is 0.536. The molecule has 0 bridgehead atoms. The van der Waals surface area contributed by atoms with Crippen LogP contribution in [0.1, 0.15) is 37.9 Å². The first kappa shape index (κ1) is 24.8. The van der Waals surface area contributed by atoms with Gasteiger partial charge in [0.15, 0.2) is 16.3 Å². The molecule has 1 aromatic heterocycles. The lowest BCUT2D eigenvalue weighted by Gasteiger charge is -2.25. The molecular weight excluding hydrogens is 488 g/mol. The number of fused-ring (bicyclic) bond motifs is 1. The maximum atomic E-state index is 13.7. The molecule has 0 fully saturated rings. The molecule has 0 aliphatic carbocycles. The van der Waals surface area contributed by atoms with Crippen molar-refractivity contribution < 1.29 is 19.0 Å². The highest BCUT2D eigenvalue weighted by molar-refractivity contribution is 7.07.